The molecule has 0 amide bonds. The van der Waals surface area contributed by atoms with Crippen molar-refractivity contribution in [3.8, 4) is 11.1 Å². The minimum Gasteiger partial charge on any atom is -0.327 e. The van der Waals surface area contributed by atoms with Crippen LogP contribution < -0.4 is 10.9 Å². The third-order valence-electron chi connectivity index (χ3n) is 5.85. The van der Waals surface area contributed by atoms with Crippen molar-refractivity contribution in [2.75, 3.05) is 13.1 Å². The largest absolute Gasteiger partial charge is 0.327 e. The van der Waals surface area contributed by atoms with Gasteiger partial charge in [0.2, 0.25) is 0 Å². The summed E-state index contributed by atoms with van der Waals surface area (Å²) in [5, 5.41) is 4.65. The van der Waals surface area contributed by atoms with Gasteiger partial charge < -0.3 is 14.5 Å². The van der Waals surface area contributed by atoms with Crippen molar-refractivity contribution in [2.24, 2.45) is 0 Å². The SMILES string of the molecule is CC(C)n1cc(-c2ccnc3c2cc(C2CCNCC2)n3C(C)C)ccc1=O. The van der Waals surface area contributed by atoms with E-state index >= 15 is 0 Å². The van der Waals surface area contributed by atoms with Gasteiger partial charge in [-0.15, -0.1) is 0 Å². The molecule has 3 aromatic rings. The average molecular weight is 379 g/mol. The number of fused-ring (bicyclic) bond motifs is 1. The Balaban J connectivity index is 1.91. The van der Waals surface area contributed by atoms with Gasteiger partial charge in [-0.1, -0.05) is 0 Å². The molecule has 0 aliphatic carbocycles. The van der Waals surface area contributed by atoms with Gasteiger partial charge in [-0.05, 0) is 83.0 Å². The van der Waals surface area contributed by atoms with Crippen LogP contribution in [0.2, 0.25) is 0 Å². The van der Waals surface area contributed by atoms with Gasteiger partial charge in [-0.25, -0.2) is 4.98 Å². The van der Waals surface area contributed by atoms with Crippen LogP contribution in [0.3, 0.4) is 0 Å². The van der Waals surface area contributed by atoms with E-state index in [-0.39, 0.29) is 11.6 Å². The lowest BCUT2D eigenvalue weighted by Gasteiger charge is -2.25. The first-order valence-electron chi connectivity index (χ1n) is 10.4. The maximum atomic E-state index is 12.2. The highest BCUT2D eigenvalue weighted by Crippen LogP contribution is 2.36. The maximum Gasteiger partial charge on any atom is 0.250 e. The second-order valence-electron chi connectivity index (χ2n) is 8.41. The number of hydrogen-bond acceptors (Lipinski definition) is 3. The van der Waals surface area contributed by atoms with Crippen molar-refractivity contribution < 1.29 is 0 Å². The van der Waals surface area contributed by atoms with E-state index in [1.165, 1.54) is 11.1 Å². The lowest BCUT2D eigenvalue weighted by Crippen LogP contribution is -2.28. The highest BCUT2D eigenvalue weighted by Gasteiger charge is 2.23. The summed E-state index contributed by atoms with van der Waals surface area (Å²) in [6.07, 6.45) is 6.21. The number of pyridine rings is 2. The van der Waals surface area contributed by atoms with Crippen LogP contribution in [0.1, 0.15) is 64.2 Å². The molecule has 4 heterocycles. The van der Waals surface area contributed by atoms with E-state index in [9.17, 15) is 4.79 Å². The molecule has 0 aromatic carbocycles. The van der Waals surface area contributed by atoms with Crippen LogP contribution in [0.4, 0.5) is 0 Å². The van der Waals surface area contributed by atoms with Gasteiger partial charge in [0.25, 0.3) is 5.56 Å². The van der Waals surface area contributed by atoms with Crippen molar-refractivity contribution in [1.29, 1.82) is 0 Å². The molecule has 148 valence electrons. The summed E-state index contributed by atoms with van der Waals surface area (Å²) in [7, 11) is 0. The Labute approximate surface area is 166 Å². The third-order valence-corrected chi connectivity index (χ3v) is 5.85. The Kier molecular flexibility index (Phi) is 5.11. The summed E-state index contributed by atoms with van der Waals surface area (Å²) in [5.41, 5.74) is 4.69. The molecular formula is C23H30N4O. The number of piperidine rings is 1. The maximum absolute atomic E-state index is 12.2. The van der Waals surface area contributed by atoms with Crippen LogP contribution in [0, 0.1) is 0 Å². The molecule has 5 heteroatoms. The first-order chi connectivity index (χ1) is 13.5. The zero-order valence-corrected chi connectivity index (χ0v) is 17.3. The van der Waals surface area contributed by atoms with E-state index in [2.05, 4.69) is 35.9 Å². The quantitative estimate of drug-likeness (QED) is 0.727. The Hall–Kier alpha value is -2.40. The first kappa shape index (κ1) is 18.9. The van der Waals surface area contributed by atoms with E-state index in [0.717, 1.165) is 42.7 Å². The number of aromatic nitrogens is 3. The summed E-state index contributed by atoms with van der Waals surface area (Å²) >= 11 is 0. The van der Waals surface area contributed by atoms with E-state index in [1.54, 1.807) is 10.6 Å². The molecule has 28 heavy (non-hydrogen) atoms. The van der Waals surface area contributed by atoms with Crippen molar-refractivity contribution in [2.45, 2.75) is 58.5 Å². The molecule has 0 spiro atoms. The van der Waals surface area contributed by atoms with Crippen molar-refractivity contribution in [3.63, 3.8) is 0 Å². The van der Waals surface area contributed by atoms with Crippen molar-refractivity contribution in [1.82, 2.24) is 19.4 Å². The Morgan fingerprint density at radius 3 is 2.50 bits per heavy atom. The van der Waals surface area contributed by atoms with E-state index in [1.807, 2.05) is 32.3 Å². The van der Waals surface area contributed by atoms with Crippen LogP contribution >= 0.6 is 0 Å². The fraction of sp³-hybridized carbons (Fsp3) is 0.478. The Morgan fingerprint density at radius 2 is 1.82 bits per heavy atom. The van der Waals surface area contributed by atoms with Crippen molar-refractivity contribution in [3.05, 3.63) is 52.7 Å². The van der Waals surface area contributed by atoms with Crippen molar-refractivity contribution >= 4 is 11.0 Å². The van der Waals surface area contributed by atoms with Gasteiger partial charge in [0.05, 0.1) is 0 Å². The molecule has 1 aliphatic heterocycles. The second-order valence-corrected chi connectivity index (χ2v) is 8.41. The van der Waals surface area contributed by atoms with Gasteiger partial charge >= 0.3 is 0 Å². The number of hydrogen-bond donors (Lipinski definition) is 1. The monoisotopic (exact) mass is 378 g/mol. The average Bonchev–Trinajstić information content (AvgIpc) is 3.09. The van der Waals surface area contributed by atoms with Gasteiger partial charge in [0, 0.05) is 47.5 Å². The molecule has 5 nitrogen and oxygen atoms in total. The smallest absolute Gasteiger partial charge is 0.250 e. The molecular weight excluding hydrogens is 348 g/mol. The highest BCUT2D eigenvalue weighted by atomic mass is 16.1. The van der Waals surface area contributed by atoms with Gasteiger partial charge in [0.1, 0.15) is 5.65 Å². The van der Waals surface area contributed by atoms with Crippen LogP contribution in [0.5, 0.6) is 0 Å². The van der Waals surface area contributed by atoms with Crippen LogP contribution in [0.15, 0.2) is 41.5 Å². The Morgan fingerprint density at radius 1 is 1.07 bits per heavy atom. The van der Waals surface area contributed by atoms with Crippen LogP contribution in [0.25, 0.3) is 22.2 Å². The molecule has 0 radical (unpaired) electrons. The summed E-state index contributed by atoms with van der Waals surface area (Å²) in [4.78, 5) is 17.0. The molecule has 1 aliphatic rings. The standard InChI is InChI=1S/C23H30N4O/c1-15(2)26-14-18(5-6-22(26)28)19-9-12-25-23-20(19)13-21(27(23)16(3)4)17-7-10-24-11-8-17/h5-6,9,12-17,24H,7-8,10-11H2,1-4H3. The molecule has 1 N–H and O–H groups in total. The van der Waals surface area contributed by atoms with Gasteiger partial charge in [0.15, 0.2) is 0 Å². The normalized spacial score (nSPS) is 15.8. The molecule has 0 bridgehead atoms. The molecule has 0 atom stereocenters. The molecule has 3 aromatic heterocycles. The topological polar surface area (TPSA) is 51.9 Å². The first-order valence-corrected chi connectivity index (χ1v) is 10.4. The summed E-state index contributed by atoms with van der Waals surface area (Å²) in [6.45, 7) is 10.7. The minimum absolute atomic E-state index is 0.0409. The predicted octanol–water partition coefficient (Wildman–Crippen LogP) is 4.49. The third kappa shape index (κ3) is 3.28. The summed E-state index contributed by atoms with van der Waals surface area (Å²) < 4.78 is 4.21. The fourth-order valence-electron chi connectivity index (χ4n) is 4.43. The number of nitrogens with zero attached hydrogens (tertiary/aromatic N) is 3. The number of nitrogens with one attached hydrogen (secondary N) is 1. The molecule has 0 unspecified atom stereocenters. The summed E-state index contributed by atoms with van der Waals surface area (Å²) in [5.74, 6) is 0.565. The molecule has 1 fully saturated rings. The zero-order valence-electron chi connectivity index (χ0n) is 17.3. The predicted molar refractivity (Wildman–Crippen MR) is 115 cm³/mol. The second kappa shape index (κ2) is 7.55. The molecule has 4 rings (SSSR count). The minimum atomic E-state index is 0.0409. The van der Waals surface area contributed by atoms with Crippen LogP contribution in [-0.2, 0) is 0 Å². The summed E-state index contributed by atoms with van der Waals surface area (Å²) in [6, 6.07) is 8.52. The lowest BCUT2D eigenvalue weighted by atomic mass is 9.94. The van der Waals surface area contributed by atoms with Gasteiger partial charge in [-0.3, -0.25) is 4.79 Å². The Bertz CT molecular complexity index is 1040. The number of rotatable bonds is 4. The van der Waals surface area contributed by atoms with E-state index < -0.39 is 0 Å². The fourth-order valence-corrected chi connectivity index (χ4v) is 4.43. The zero-order chi connectivity index (χ0) is 19.8. The molecule has 0 saturated carbocycles. The van der Waals surface area contributed by atoms with Crippen LogP contribution in [-0.4, -0.2) is 27.2 Å². The van der Waals surface area contributed by atoms with Gasteiger partial charge in [-0.2, -0.15) is 0 Å². The highest BCUT2D eigenvalue weighted by molar-refractivity contribution is 5.94. The lowest BCUT2D eigenvalue weighted by molar-refractivity contribution is 0.432. The molecule has 1 saturated heterocycles. The van der Waals surface area contributed by atoms with E-state index in [0.29, 0.717) is 12.0 Å². The van der Waals surface area contributed by atoms with E-state index in [4.69, 9.17) is 4.98 Å².